The Morgan fingerprint density at radius 1 is 1.08 bits per heavy atom. The van der Waals surface area contributed by atoms with Crippen LogP contribution in [0.4, 0.5) is 0 Å². The first-order valence-electron chi connectivity index (χ1n) is 8.48. The highest BCUT2D eigenvalue weighted by Crippen LogP contribution is 2.22. The second kappa shape index (κ2) is 8.04. The number of carbonyl (C=O) groups excluding carboxylic acids is 1. The van der Waals surface area contributed by atoms with Crippen LogP contribution in [0, 0.1) is 0 Å². The van der Waals surface area contributed by atoms with Gasteiger partial charge in [0.05, 0.1) is 7.11 Å². The summed E-state index contributed by atoms with van der Waals surface area (Å²) in [5, 5.41) is 12.1. The predicted octanol–water partition coefficient (Wildman–Crippen LogP) is 3.42. The van der Waals surface area contributed by atoms with Crippen molar-refractivity contribution in [1.82, 2.24) is 5.32 Å². The number of carboxylic acids is 1. The number of carbonyl (C=O) groups is 2. The molecule has 0 saturated carbocycles. The minimum atomic E-state index is -1.09. The van der Waals surface area contributed by atoms with Crippen molar-refractivity contribution in [1.29, 1.82) is 0 Å². The molecule has 1 amide bonds. The Labute approximate surface area is 154 Å². The van der Waals surface area contributed by atoms with Crippen molar-refractivity contribution >= 4 is 11.9 Å². The third kappa shape index (κ3) is 4.85. The van der Waals surface area contributed by atoms with Crippen molar-refractivity contribution in [3.05, 3.63) is 65.2 Å². The molecule has 2 rings (SSSR count). The molecule has 0 spiro atoms. The van der Waals surface area contributed by atoms with E-state index < -0.39 is 17.9 Å². The topological polar surface area (TPSA) is 75.6 Å². The zero-order valence-electron chi connectivity index (χ0n) is 15.6. The largest absolute Gasteiger partial charge is 0.496 e. The van der Waals surface area contributed by atoms with Gasteiger partial charge >= 0.3 is 5.97 Å². The molecule has 0 aliphatic carbocycles. The van der Waals surface area contributed by atoms with E-state index in [2.05, 4.69) is 26.1 Å². The van der Waals surface area contributed by atoms with Crippen LogP contribution in [0.5, 0.6) is 5.75 Å². The van der Waals surface area contributed by atoms with Crippen molar-refractivity contribution in [3.63, 3.8) is 0 Å². The van der Waals surface area contributed by atoms with Crippen molar-refractivity contribution < 1.29 is 19.4 Å². The van der Waals surface area contributed by atoms with Gasteiger partial charge in [-0.2, -0.15) is 0 Å². The van der Waals surface area contributed by atoms with E-state index in [1.165, 1.54) is 7.11 Å². The lowest BCUT2D eigenvalue weighted by molar-refractivity contribution is -0.139. The molecule has 2 aromatic rings. The van der Waals surface area contributed by atoms with E-state index in [-0.39, 0.29) is 11.8 Å². The predicted molar refractivity (Wildman–Crippen MR) is 101 cm³/mol. The third-order valence-corrected chi connectivity index (χ3v) is 4.23. The number of benzene rings is 2. The Kier molecular flexibility index (Phi) is 6.03. The van der Waals surface area contributed by atoms with Crippen LogP contribution in [0.25, 0.3) is 0 Å². The van der Waals surface area contributed by atoms with Gasteiger partial charge in [0.2, 0.25) is 0 Å². The SMILES string of the molecule is COc1ccccc1C[C@@H](NC(=O)c1ccc(C(C)(C)C)cc1)C(=O)O. The Bertz CT molecular complexity index is 775. The molecule has 26 heavy (non-hydrogen) atoms. The fourth-order valence-corrected chi connectivity index (χ4v) is 2.65. The molecule has 0 heterocycles. The zero-order chi connectivity index (χ0) is 19.3. The van der Waals surface area contributed by atoms with E-state index in [1.807, 2.05) is 24.3 Å². The monoisotopic (exact) mass is 355 g/mol. The second-order valence-corrected chi connectivity index (χ2v) is 7.21. The van der Waals surface area contributed by atoms with Gasteiger partial charge in [0.25, 0.3) is 5.91 Å². The number of para-hydroxylation sites is 1. The number of ether oxygens (including phenoxy) is 1. The number of methoxy groups -OCH3 is 1. The van der Waals surface area contributed by atoms with Gasteiger partial charge in [-0.3, -0.25) is 4.79 Å². The fourth-order valence-electron chi connectivity index (χ4n) is 2.65. The van der Waals surface area contributed by atoms with E-state index in [1.54, 1.807) is 24.3 Å². The van der Waals surface area contributed by atoms with Crippen LogP contribution in [0.15, 0.2) is 48.5 Å². The quantitative estimate of drug-likeness (QED) is 0.832. The molecule has 0 radical (unpaired) electrons. The highest BCUT2D eigenvalue weighted by molar-refractivity contribution is 5.96. The van der Waals surface area contributed by atoms with Gasteiger partial charge in [0.15, 0.2) is 0 Å². The molecule has 0 aliphatic rings. The molecule has 0 unspecified atom stereocenters. The summed E-state index contributed by atoms with van der Waals surface area (Å²) in [5.74, 6) is -0.897. The lowest BCUT2D eigenvalue weighted by Crippen LogP contribution is -2.42. The first-order valence-corrected chi connectivity index (χ1v) is 8.48. The number of hydrogen-bond donors (Lipinski definition) is 2. The summed E-state index contributed by atoms with van der Waals surface area (Å²) in [6, 6.07) is 13.4. The first-order chi connectivity index (χ1) is 12.2. The van der Waals surface area contributed by atoms with Crippen LogP contribution in [-0.4, -0.2) is 30.1 Å². The molecule has 5 nitrogen and oxygen atoms in total. The van der Waals surface area contributed by atoms with Gasteiger partial charge in [-0.05, 0) is 34.7 Å². The normalized spacial score (nSPS) is 12.3. The summed E-state index contributed by atoms with van der Waals surface area (Å²) in [5.41, 5.74) is 2.26. The van der Waals surface area contributed by atoms with E-state index in [4.69, 9.17) is 4.74 Å². The maximum Gasteiger partial charge on any atom is 0.326 e. The van der Waals surface area contributed by atoms with Crippen molar-refractivity contribution in [2.45, 2.75) is 38.6 Å². The van der Waals surface area contributed by atoms with Gasteiger partial charge in [0, 0.05) is 12.0 Å². The maximum absolute atomic E-state index is 12.5. The molecule has 138 valence electrons. The lowest BCUT2D eigenvalue weighted by Gasteiger charge is -2.19. The molecule has 0 saturated heterocycles. The highest BCUT2D eigenvalue weighted by Gasteiger charge is 2.23. The number of amides is 1. The van der Waals surface area contributed by atoms with E-state index in [9.17, 15) is 14.7 Å². The molecular formula is C21H25NO4. The van der Waals surface area contributed by atoms with Gasteiger partial charge in [-0.25, -0.2) is 4.79 Å². The summed E-state index contributed by atoms with van der Waals surface area (Å²) < 4.78 is 5.25. The summed E-state index contributed by atoms with van der Waals surface area (Å²) in [6.07, 6.45) is 0.144. The van der Waals surface area contributed by atoms with Crippen molar-refractivity contribution in [3.8, 4) is 5.75 Å². The summed E-state index contributed by atoms with van der Waals surface area (Å²) >= 11 is 0. The van der Waals surface area contributed by atoms with Gasteiger partial charge in [-0.1, -0.05) is 51.1 Å². The molecule has 0 bridgehead atoms. The molecule has 5 heteroatoms. The van der Waals surface area contributed by atoms with Crippen molar-refractivity contribution in [2.24, 2.45) is 0 Å². The fraction of sp³-hybridized carbons (Fsp3) is 0.333. The van der Waals surface area contributed by atoms with Gasteiger partial charge in [0.1, 0.15) is 11.8 Å². The Morgan fingerprint density at radius 2 is 1.69 bits per heavy atom. The highest BCUT2D eigenvalue weighted by atomic mass is 16.5. The minimum absolute atomic E-state index is 0.0114. The molecule has 1 atom stereocenters. The molecular weight excluding hydrogens is 330 g/mol. The number of carboxylic acid groups (broad SMARTS) is 1. The summed E-state index contributed by atoms with van der Waals surface area (Å²) in [4.78, 5) is 24.1. The Hall–Kier alpha value is -2.82. The lowest BCUT2D eigenvalue weighted by atomic mass is 9.86. The number of aliphatic carboxylic acids is 1. The molecule has 0 aromatic heterocycles. The second-order valence-electron chi connectivity index (χ2n) is 7.21. The number of rotatable bonds is 6. The van der Waals surface area contributed by atoms with Gasteiger partial charge in [-0.15, -0.1) is 0 Å². The summed E-state index contributed by atoms with van der Waals surface area (Å²) in [7, 11) is 1.53. The Balaban J connectivity index is 2.14. The number of nitrogens with one attached hydrogen (secondary N) is 1. The van der Waals surface area contributed by atoms with Crippen LogP contribution in [0.3, 0.4) is 0 Å². The molecule has 2 aromatic carbocycles. The first kappa shape index (κ1) is 19.5. The van der Waals surface area contributed by atoms with E-state index in [0.717, 1.165) is 11.1 Å². The van der Waals surface area contributed by atoms with E-state index in [0.29, 0.717) is 11.3 Å². The zero-order valence-corrected chi connectivity index (χ0v) is 15.6. The number of hydrogen-bond acceptors (Lipinski definition) is 3. The van der Waals surface area contributed by atoms with Crippen LogP contribution in [-0.2, 0) is 16.6 Å². The molecule has 2 N–H and O–H groups in total. The van der Waals surface area contributed by atoms with Crippen LogP contribution >= 0.6 is 0 Å². The third-order valence-electron chi connectivity index (χ3n) is 4.23. The molecule has 0 aliphatic heterocycles. The smallest absolute Gasteiger partial charge is 0.326 e. The molecule has 0 fully saturated rings. The van der Waals surface area contributed by atoms with Crippen molar-refractivity contribution in [2.75, 3.05) is 7.11 Å². The van der Waals surface area contributed by atoms with Crippen LogP contribution in [0.2, 0.25) is 0 Å². The van der Waals surface area contributed by atoms with E-state index >= 15 is 0 Å². The van der Waals surface area contributed by atoms with Crippen LogP contribution < -0.4 is 10.1 Å². The Morgan fingerprint density at radius 3 is 2.23 bits per heavy atom. The minimum Gasteiger partial charge on any atom is -0.496 e. The van der Waals surface area contributed by atoms with Crippen LogP contribution in [0.1, 0.15) is 42.3 Å². The van der Waals surface area contributed by atoms with Gasteiger partial charge < -0.3 is 15.2 Å². The average Bonchev–Trinajstić information content (AvgIpc) is 2.60. The maximum atomic E-state index is 12.5. The average molecular weight is 355 g/mol. The summed E-state index contributed by atoms with van der Waals surface area (Å²) in [6.45, 7) is 6.28. The standard InChI is InChI=1S/C21H25NO4/c1-21(2,3)16-11-9-14(10-12-16)19(23)22-17(20(24)25)13-15-7-5-6-8-18(15)26-4/h5-12,17H,13H2,1-4H3,(H,22,23)(H,24,25)/t17-/m1/s1.